The van der Waals surface area contributed by atoms with Crippen molar-refractivity contribution >= 4 is 20.9 Å². The Hall–Kier alpha value is -0.790. The molecule has 0 amide bonds. The van der Waals surface area contributed by atoms with Crippen molar-refractivity contribution in [3.05, 3.63) is 24.5 Å². The highest BCUT2D eigenvalue weighted by Gasteiger charge is 2.62. The monoisotopic (exact) mass is 327 g/mol. The van der Waals surface area contributed by atoms with Gasteiger partial charge in [0.1, 0.15) is 0 Å². The van der Waals surface area contributed by atoms with E-state index in [1.54, 1.807) is 31.1 Å². The highest BCUT2D eigenvalue weighted by molar-refractivity contribution is 7.72. The molecule has 0 bridgehead atoms. The molecule has 0 atom stereocenters. The second kappa shape index (κ2) is 5.54. The Morgan fingerprint density at radius 3 is 1.80 bits per heavy atom. The molecule has 0 aliphatic heterocycles. The van der Waals surface area contributed by atoms with Gasteiger partial charge in [0.25, 0.3) is 0 Å². The molecule has 0 saturated heterocycles. The average molecular weight is 327 g/mol. The molecule has 5 N–H and O–H groups in total. The topological polar surface area (TPSA) is 142 Å². The largest absolute Gasteiger partial charge is 0.377 e. The summed E-state index contributed by atoms with van der Waals surface area (Å²) in [6, 6.07) is 3.14. The molecule has 20 heavy (non-hydrogen) atoms. The van der Waals surface area contributed by atoms with Gasteiger partial charge in [-0.15, -0.1) is 0 Å². The van der Waals surface area contributed by atoms with Gasteiger partial charge >= 0.3 is 20.3 Å². The SMILES string of the molecule is CN(C)c1cc[n+](CC(O)(P(=O)(O)O)P(=O)(O)O)cc1. The minimum atomic E-state index is -5.44. The van der Waals surface area contributed by atoms with Gasteiger partial charge in [-0.25, -0.2) is 4.57 Å². The quantitative estimate of drug-likeness (QED) is 0.344. The maximum absolute atomic E-state index is 11.2. The highest BCUT2D eigenvalue weighted by Crippen LogP contribution is 2.67. The van der Waals surface area contributed by atoms with Crippen LogP contribution in [0.5, 0.6) is 0 Å². The maximum Gasteiger partial charge on any atom is 0.376 e. The molecule has 1 rings (SSSR count). The smallest absolute Gasteiger partial charge is 0.376 e. The molecule has 0 fully saturated rings. The molecular formula is C9H17N2O7P2+. The summed E-state index contributed by atoms with van der Waals surface area (Å²) in [6.07, 6.45) is 2.71. The van der Waals surface area contributed by atoms with Crippen LogP contribution >= 0.6 is 15.2 Å². The van der Waals surface area contributed by atoms with Crippen molar-refractivity contribution in [2.45, 2.75) is 11.6 Å². The third kappa shape index (κ3) is 3.45. The molecule has 0 saturated carbocycles. The van der Waals surface area contributed by atoms with Crippen LogP contribution in [0.1, 0.15) is 0 Å². The Morgan fingerprint density at radius 1 is 1.10 bits per heavy atom. The number of anilines is 1. The molecule has 0 radical (unpaired) electrons. The number of hydrogen-bond donors (Lipinski definition) is 5. The van der Waals surface area contributed by atoms with E-state index >= 15 is 0 Å². The van der Waals surface area contributed by atoms with Crippen molar-refractivity contribution in [2.24, 2.45) is 0 Å². The van der Waals surface area contributed by atoms with E-state index in [0.29, 0.717) is 0 Å². The number of nitrogens with zero attached hydrogens (tertiary/aromatic N) is 2. The molecular weight excluding hydrogens is 310 g/mol. The third-order valence-corrected chi connectivity index (χ3v) is 6.43. The number of pyridine rings is 1. The second-order valence-corrected chi connectivity index (χ2v) is 8.49. The normalized spacial score (nSPS) is 13.3. The fourth-order valence-corrected chi connectivity index (χ4v) is 3.50. The molecule has 0 aliphatic carbocycles. The van der Waals surface area contributed by atoms with Crippen molar-refractivity contribution in [3.63, 3.8) is 0 Å². The van der Waals surface area contributed by atoms with Crippen LogP contribution < -0.4 is 9.47 Å². The van der Waals surface area contributed by atoms with Gasteiger partial charge in [-0.3, -0.25) is 9.13 Å². The lowest BCUT2D eigenvalue weighted by atomic mass is 10.4. The Morgan fingerprint density at radius 2 is 1.50 bits per heavy atom. The molecule has 114 valence electrons. The van der Waals surface area contributed by atoms with E-state index in [1.165, 1.54) is 12.4 Å². The Kier molecular flexibility index (Phi) is 4.78. The fourth-order valence-electron chi connectivity index (χ4n) is 1.45. The van der Waals surface area contributed by atoms with Crippen LogP contribution in [0.15, 0.2) is 24.5 Å². The first kappa shape index (κ1) is 17.3. The van der Waals surface area contributed by atoms with E-state index in [1.807, 2.05) is 0 Å². The molecule has 1 aromatic heterocycles. The lowest BCUT2D eigenvalue weighted by molar-refractivity contribution is -0.703. The number of hydrogen-bond acceptors (Lipinski definition) is 4. The highest BCUT2D eigenvalue weighted by atomic mass is 31.2. The van der Waals surface area contributed by atoms with Crippen molar-refractivity contribution < 1.29 is 38.4 Å². The van der Waals surface area contributed by atoms with Gasteiger partial charge in [-0.1, -0.05) is 0 Å². The molecule has 1 heterocycles. The Balaban J connectivity index is 3.16. The van der Waals surface area contributed by atoms with Crippen LogP contribution in [0.4, 0.5) is 5.69 Å². The van der Waals surface area contributed by atoms with Crippen LogP contribution in [0, 0.1) is 0 Å². The molecule has 0 unspecified atom stereocenters. The molecule has 0 spiro atoms. The van der Waals surface area contributed by atoms with Crippen LogP contribution in [-0.2, 0) is 15.7 Å². The summed E-state index contributed by atoms with van der Waals surface area (Å²) in [5, 5.41) is 6.30. The number of rotatable bonds is 5. The van der Waals surface area contributed by atoms with Crippen molar-refractivity contribution in [3.8, 4) is 0 Å². The second-order valence-electron chi connectivity index (χ2n) is 4.49. The average Bonchev–Trinajstić information content (AvgIpc) is 2.26. The van der Waals surface area contributed by atoms with Gasteiger partial charge < -0.3 is 29.6 Å². The predicted octanol–water partition coefficient (Wildman–Crippen LogP) is -0.958. The fraction of sp³-hybridized carbons (Fsp3) is 0.444. The lowest BCUT2D eigenvalue weighted by Crippen LogP contribution is -2.47. The zero-order valence-electron chi connectivity index (χ0n) is 10.9. The van der Waals surface area contributed by atoms with Gasteiger partial charge in [0.05, 0.1) is 0 Å². The summed E-state index contributed by atoms with van der Waals surface area (Å²) < 4.78 is 23.5. The standard InChI is InChI=1S/C9H16N2O7P2/c1-10(2)8-3-5-11(6-4-8)7-9(12,19(13,14)15)20(16,17)18/h3-6,12H,7H2,1-2H3,(H3-,13,14,15,16,17,18)/p+1. The number of aliphatic hydroxyl groups is 1. The molecule has 9 nitrogen and oxygen atoms in total. The van der Waals surface area contributed by atoms with Gasteiger partial charge in [0.15, 0.2) is 12.4 Å². The maximum atomic E-state index is 11.2. The first-order valence-electron chi connectivity index (χ1n) is 5.38. The van der Waals surface area contributed by atoms with E-state index in [2.05, 4.69) is 0 Å². The molecule has 0 aromatic carbocycles. The zero-order valence-corrected chi connectivity index (χ0v) is 12.6. The zero-order chi connectivity index (χ0) is 15.8. The summed E-state index contributed by atoms with van der Waals surface area (Å²) in [5.74, 6) is 0. The Bertz CT molecular complexity index is 540. The van der Waals surface area contributed by atoms with E-state index in [-0.39, 0.29) is 0 Å². The van der Waals surface area contributed by atoms with Crippen molar-refractivity contribution in [2.75, 3.05) is 19.0 Å². The van der Waals surface area contributed by atoms with Gasteiger partial charge in [0, 0.05) is 31.9 Å². The van der Waals surface area contributed by atoms with Crippen LogP contribution in [0.2, 0.25) is 0 Å². The minimum absolute atomic E-state index is 0.775. The van der Waals surface area contributed by atoms with Gasteiger partial charge in [-0.2, -0.15) is 0 Å². The molecule has 1 aromatic rings. The third-order valence-electron chi connectivity index (χ3n) is 2.72. The summed E-state index contributed by atoms with van der Waals surface area (Å²) in [4.78, 5) is 37.9. The van der Waals surface area contributed by atoms with Crippen LogP contribution in [-0.4, -0.2) is 43.9 Å². The van der Waals surface area contributed by atoms with Gasteiger partial charge in [-0.05, 0) is 0 Å². The van der Waals surface area contributed by atoms with E-state index in [9.17, 15) is 14.2 Å². The van der Waals surface area contributed by atoms with E-state index < -0.39 is 26.8 Å². The Labute approximate surface area is 115 Å². The van der Waals surface area contributed by atoms with Gasteiger partial charge in [0.2, 0.25) is 6.54 Å². The summed E-state index contributed by atoms with van der Waals surface area (Å²) >= 11 is 0. The first-order chi connectivity index (χ1) is 8.88. The molecule has 0 aliphatic rings. The summed E-state index contributed by atoms with van der Waals surface area (Å²) in [7, 11) is -7.33. The number of aromatic nitrogens is 1. The lowest BCUT2D eigenvalue weighted by Gasteiger charge is -2.26. The van der Waals surface area contributed by atoms with Crippen LogP contribution in [0.25, 0.3) is 0 Å². The summed E-state index contributed by atoms with van der Waals surface area (Å²) in [6.45, 7) is -0.935. The summed E-state index contributed by atoms with van der Waals surface area (Å²) in [5.41, 5.74) is 0.775. The molecule has 11 heteroatoms. The predicted molar refractivity (Wildman–Crippen MR) is 70.0 cm³/mol. The first-order valence-corrected chi connectivity index (χ1v) is 8.61. The van der Waals surface area contributed by atoms with Crippen molar-refractivity contribution in [1.82, 2.24) is 0 Å². The van der Waals surface area contributed by atoms with Crippen molar-refractivity contribution in [1.29, 1.82) is 0 Å². The van der Waals surface area contributed by atoms with E-state index in [4.69, 9.17) is 19.6 Å². The van der Waals surface area contributed by atoms with E-state index in [0.717, 1.165) is 10.3 Å². The van der Waals surface area contributed by atoms with Crippen LogP contribution in [0.3, 0.4) is 0 Å². The minimum Gasteiger partial charge on any atom is -0.377 e.